The molecule has 0 aliphatic rings. The van der Waals surface area contributed by atoms with Crippen molar-refractivity contribution in [1.29, 1.82) is 0 Å². The van der Waals surface area contributed by atoms with Gasteiger partial charge in [0.25, 0.3) is 0 Å². The summed E-state index contributed by atoms with van der Waals surface area (Å²) in [6, 6.07) is 7.84. The van der Waals surface area contributed by atoms with E-state index in [9.17, 15) is 8.78 Å². The highest BCUT2D eigenvalue weighted by Crippen LogP contribution is 2.14. The highest BCUT2D eigenvalue weighted by molar-refractivity contribution is 5.20. The van der Waals surface area contributed by atoms with Crippen molar-refractivity contribution >= 4 is 0 Å². The average Bonchev–Trinajstić information content (AvgIpc) is 2.36. The lowest BCUT2D eigenvalue weighted by Gasteiger charge is -2.14. The van der Waals surface area contributed by atoms with Crippen LogP contribution in [0.5, 0.6) is 0 Å². The predicted octanol–water partition coefficient (Wildman–Crippen LogP) is 3.21. The van der Waals surface area contributed by atoms with E-state index in [1.54, 1.807) is 12.3 Å². The molecule has 1 atom stereocenters. The van der Waals surface area contributed by atoms with E-state index in [1.165, 1.54) is 24.4 Å². The molecule has 0 aliphatic heterocycles. The predicted molar refractivity (Wildman–Crippen MR) is 65.8 cm³/mol. The number of aromatic nitrogens is 1. The van der Waals surface area contributed by atoms with Crippen LogP contribution in [0.3, 0.4) is 0 Å². The van der Waals surface area contributed by atoms with Crippen LogP contribution in [0, 0.1) is 11.6 Å². The molecule has 1 aromatic carbocycles. The van der Waals surface area contributed by atoms with Gasteiger partial charge in [0.2, 0.25) is 0 Å². The zero-order valence-electron chi connectivity index (χ0n) is 10.0. The zero-order chi connectivity index (χ0) is 13.0. The van der Waals surface area contributed by atoms with Gasteiger partial charge in [0, 0.05) is 18.8 Å². The summed E-state index contributed by atoms with van der Waals surface area (Å²) >= 11 is 0. The largest absolute Gasteiger partial charge is 0.306 e. The van der Waals surface area contributed by atoms with Gasteiger partial charge < -0.3 is 5.32 Å². The van der Waals surface area contributed by atoms with Gasteiger partial charge in [-0.1, -0.05) is 12.1 Å². The molecule has 0 bridgehead atoms. The number of nitrogens with one attached hydrogen (secondary N) is 1. The fraction of sp³-hybridized carbons (Fsp3) is 0.214. The first-order valence-corrected chi connectivity index (χ1v) is 5.73. The van der Waals surface area contributed by atoms with Gasteiger partial charge in [0.15, 0.2) is 0 Å². The van der Waals surface area contributed by atoms with Gasteiger partial charge in [-0.2, -0.15) is 0 Å². The molecular weight excluding hydrogens is 234 g/mol. The summed E-state index contributed by atoms with van der Waals surface area (Å²) < 4.78 is 26.0. The topological polar surface area (TPSA) is 24.9 Å². The number of nitrogens with zero attached hydrogens (tertiary/aromatic N) is 1. The van der Waals surface area contributed by atoms with E-state index in [-0.39, 0.29) is 17.7 Å². The highest BCUT2D eigenvalue weighted by atomic mass is 19.1. The molecule has 0 saturated carbocycles. The molecule has 2 aromatic rings. The molecule has 1 unspecified atom stereocenters. The van der Waals surface area contributed by atoms with Crippen LogP contribution in [0.25, 0.3) is 0 Å². The monoisotopic (exact) mass is 248 g/mol. The van der Waals surface area contributed by atoms with E-state index in [2.05, 4.69) is 10.3 Å². The Morgan fingerprint density at radius 3 is 2.72 bits per heavy atom. The third kappa shape index (κ3) is 3.34. The summed E-state index contributed by atoms with van der Waals surface area (Å²) in [5, 5.41) is 3.20. The standard InChI is InChI=1S/C14H14F2N2/c1-10(12-3-2-4-13(15)6-12)18-8-11-5-14(16)9-17-7-11/h2-7,9-10,18H,8H2,1H3. The summed E-state index contributed by atoms with van der Waals surface area (Å²) in [5.41, 5.74) is 1.62. The molecule has 0 aliphatic carbocycles. The minimum absolute atomic E-state index is 0.0102. The summed E-state index contributed by atoms with van der Waals surface area (Å²) in [6.45, 7) is 2.42. The second-order valence-corrected chi connectivity index (χ2v) is 4.17. The molecule has 1 N–H and O–H groups in total. The Bertz CT molecular complexity index is 529. The Labute approximate surface area is 105 Å². The lowest BCUT2D eigenvalue weighted by Crippen LogP contribution is -2.18. The molecule has 0 radical (unpaired) electrons. The van der Waals surface area contributed by atoms with Crippen molar-refractivity contribution in [2.75, 3.05) is 0 Å². The van der Waals surface area contributed by atoms with Crippen molar-refractivity contribution in [3.8, 4) is 0 Å². The third-order valence-corrected chi connectivity index (χ3v) is 2.72. The first kappa shape index (κ1) is 12.6. The van der Waals surface area contributed by atoms with Crippen LogP contribution in [0.2, 0.25) is 0 Å². The molecule has 1 aromatic heterocycles. The summed E-state index contributed by atoms with van der Waals surface area (Å²) in [6.07, 6.45) is 2.77. The number of benzene rings is 1. The van der Waals surface area contributed by atoms with Crippen molar-refractivity contribution in [2.24, 2.45) is 0 Å². The number of pyridine rings is 1. The Balaban J connectivity index is 1.98. The summed E-state index contributed by atoms with van der Waals surface area (Å²) in [7, 11) is 0. The fourth-order valence-electron chi connectivity index (χ4n) is 1.72. The van der Waals surface area contributed by atoms with Gasteiger partial charge in [-0.05, 0) is 36.2 Å². The van der Waals surface area contributed by atoms with Crippen molar-refractivity contribution in [1.82, 2.24) is 10.3 Å². The van der Waals surface area contributed by atoms with Crippen LogP contribution >= 0.6 is 0 Å². The van der Waals surface area contributed by atoms with Crippen LogP contribution < -0.4 is 5.32 Å². The van der Waals surface area contributed by atoms with Crippen molar-refractivity contribution in [3.63, 3.8) is 0 Å². The van der Waals surface area contributed by atoms with Crippen molar-refractivity contribution in [2.45, 2.75) is 19.5 Å². The molecule has 0 fully saturated rings. The molecule has 94 valence electrons. The van der Waals surface area contributed by atoms with Crippen LogP contribution in [0.1, 0.15) is 24.1 Å². The molecule has 0 amide bonds. The van der Waals surface area contributed by atoms with Gasteiger partial charge in [-0.3, -0.25) is 4.98 Å². The maximum absolute atomic E-state index is 13.1. The maximum atomic E-state index is 13.1. The lowest BCUT2D eigenvalue weighted by atomic mass is 10.1. The Morgan fingerprint density at radius 1 is 1.17 bits per heavy atom. The molecule has 0 saturated heterocycles. The molecular formula is C14H14F2N2. The number of halogens is 2. The van der Waals surface area contributed by atoms with E-state index in [1.807, 2.05) is 13.0 Å². The van der Waals surface area contributed by atoms with E-state index in [0.29, 0.717) is 6.54 Å². The Hall–Kier alpha value is -1.81. The van der Waals surface area contributed by atoms with Gasteiger partial charge in [0.1, 0.15) is 11.6 Å². The van der Waals surface area contributed by atoms with Gasteiger partial charge in [-0.25, -0.2) is 8.78 Å². The fourth-order valence-corrected chi connectivity index (χ4v) is 1.72. The third-order valence-electron chi connectivity index (χ3n) is 2.72. The van der Waals surface area contributed by atoms with Crippen LogP contribution in [0.15, 0.2) is 42.7 Å². The van der Waals surface area contributed by atoms with Crippen LogP contribution in [-0.2, 0) is 6.54 Å². The first-order valence-electron chi connectivity index (χ1n) is 5.73. The Morgan fingerprint density at radius 2 is 2.00 bits per heavy atom. The SMILES string of the molecule is CC(NCc1cncc(F)c1)c1cccc(F)c1. The average molecular weight is 248 g/mol. The van der Waals surface area contributed by atoms with E-state index >= 15 is 0 Å². The zero-order valence-corrected chi connectivity index (χ0v) is 10.0. The highest BCUT2D eigenvalue weighted by Gasteiger charge is 2.06. The van der Waals surface area contributed by atoms with Crippen LogP contribution in [0.4, 0.5) is 8.78 Å². The van der Waals surface area contributed by atoms with Crippen molar-refractivity contribution < 1.29 is 8.78 Å². The second kappa shape index (κ2) is 5.69. The molecule has 2 nitrogen and oxygen atoms in total. The maximum Gasteiger partial charge on any atom is 0.141 e. The minimum Gasteiger partial charge on any atom is -0.306 e. The van der Waals surface area contributed by atoms with Crippen molar-refractivity contribution in [3.05, 3.63) is 65.5 Å². The molecule has 2 rings (SSSR count). The number of hydrogen-bond acceptors (Lipinski definition) is 2. The lowest BCUT2D eigenvalue weighted by molar-refractivity contribution is 0.559. The summed E-state index contributed by atoms with van der Waals surface area (Å²) in [5.74, 6) is -0.610. The van der Waals surface area contributed by atoms with Crippen LogP contribution in [-0.4, -0.2) is 4.98 Å². The van der Waals surface area contributed by atoms with Gasteiger partial charge in [0.05, 0.1) is 6.20 Å². The minimum atomic E-state index is -0.354. The number of rotatable bonds is 4. The Kier molecular flexibility index (Phi) is 3.99. The second-order valence-electron chi connectivity index (χ2n) is 4.17. The summed E-state index contributed by atoms with van der Waals surface area (Å²) in [4.78, 5) is 3.77. The van der Waals surface area contributed by atoms with E-state index in [0.717, 1.165) is 11.1 Å². The molecule has 18 heavy (non-hydrogen) atoms. The molecule has 4 heteroatoms. The molecule has 1 heterocycles. The smallest absolute Gasteiger partial charge is 0.141 e. The van der Waals surface area contributed by atoms with Gasteiger partial charge in [-0.15, -0.1) is 0 Å². The number of hydrogen-bond donors (Lipinski definition) is 1. The molecule has 0 spiro atoms. The normalized spacial score (nSPS) is 12.4. The quantitative estimate of drug-likeness (QED) is 0.898. The van der Waals surface area contributed by atoms with E-state index < -0.39 is 0 Å². The van der Waals surface area contributed by atoms with Gasteiger partial charge >= 0.3 is 0 Å². The first-order chi connectivity index (χ1) is 8.65. The van der Waals surface area contributed by atoms with E-state index in [4.69, 9.17) is 0 Å².